The molecule has 0 saturated carbocycles. The first-order chi connectivity index (χ1) is 12.4. The highest BCUT2D eigenvalue weighted by Gasteiger charge is 2.27. The van der Waals surface area contributed by atoms with Crippen molar-refractivity contribution in [1.29, 1.82) is 0 Å². The number of carbonyl (C=O) groups excluding carboxylic acids is 1. The lowest BCUT2D eigenvalue weighted by Crippen LogP contribution is -2.55. The van der Waals surface area contributed by atoms with E-state index in [0.29, 0.717) is 44.9 Å². The number of piperazine rings is 1. The number of hydrogen-bond acceptors (Lipinski definition) is 3. The highest BCUT2D eigenvalue weighted by atomic mass is 19.1. The van der Waals surface area contributed by atoms with Crippen molar-refractivity contribution in [3.8, 4) is 0 Å². The van der Waals surface area contributed by atoms with Crippen LogP contribution in [0.1, 0.15) is 26.3 Å². The van der Waals surface area contributed by atoms with Gasteiger partial charge >= 0.3 is 6.09 Å². The molecule has 1 N–H and O–H groups in total. The molecule has 7 heteroatoms. The van der Waals surface area contributed by atoms with Crippen molar-refractivity contribution >= 4 is 12.1 Å². The number of guanidine groups is 1. The summed E-state index contributed by atoms with van der Waals surface area (Å²) < 4.78 is 19.2. The molecule has 0 spiro atoms. The van der Waals surface area contributed by atoms with Crippen LogP contribution < -0.4 is 5.32 Å². The van der Waals surface area contributed by atoms with E-state index in [1.165, 1.54) is 6.07 Å². The second kappa shape index (κ2) is 8.87. The fourth-order valence-corrected chi connectivity index (χ4v) is 3.05. The molecular weight excluding hydrogens is 335 g/mol. The van der Waals surface area contributed by atoms with Gasteiger partial charge in [-0.2, -0.15) is 0 Å². The Hall–Kier alpha value is -2.31. The first-order valence-corrected chi connectivity index (χ1v) is 9.01. The summed E-state index contributed by atoms with van der Waals surface area (Å²) in [4.78, 5) is 19.9. The lowest BCUT2D eigenvalue weighted by Gasteiger charge is -2.37. The summed E-state index contributed by atoms with van der Waals surface area (Å²) in [5.74, 6) is 0.565. The largest absolute Gasteiger partial charge is 0.450 e. The minimum Gasteiger partial charge on any atom is -0.450 e. The van der Waals surface area contributed by atoms with Crippen LogP contribution in [0.3, 0.4) is 0 Å². The monoisotopic (exact) mass is 364 g/mol. The van der Waals surface area contributed by atoms with Crippen LogP contribution in [0.15, 0.2) is 29.3 Å². The average Bonchev–Trinajstić information content (AvgIpc) is 2.63. The van der Waals surface area contributed by atoms with Crippen molar-refractivity contribution in [1.82, 2.24) is 15.1 Å². The molecule has 1 aromatic carbocycles. The molecule has 0 aromatic heterocycles. The Morgan fingerprint density at radius 3 is 2.42 bits per heavy atom. The van der Waals surface area contributed by atoms with Crippen LogP contribution in [-0.4, -0.2) is 68.2 Å². The van der Waals surface area contributed by atoms with E-state index in [1.807, 2.05) is 26.0 Å². The van der Waals surface area contributed by atoms with Crippen molar-refractivity contribution in [2.75, 3.05) is 46.4 Å². The maximum atomic E-state index is 14.1. The molecule has 0 unspecified atom stereocenters. The van der Waals surface area contributed by atoms with Gasteiger partial charge < -0.3 is 19.9 Å². The summed E-state index contributed by atoms with van der Waals surface area (Å²) in [5, 5.41) is 3.35. The van der Waals surface area contributed by atoms with E-state index in [2.05, 4.69) is 15.2 Å². The molecule has 1 aliphatic rings. The molecule has 1 aromatic rings. The Morgan fingerprint density at radius 2 is 1.85 bits per heavy atom. The molecule has 1 saturated heterocycles. The van der Waals surface area contributed by atoms with Gasteiger partial charge in [0.05, 0.1) is 6.61 Å². The minimum absolute atomic E-state index is 0.197. The lowest BCUT2D eigenvalue weighted by atomic mass is 9.84. The van der Waals surface area contributed by atoms with E-state index in [9.17, 15) is 9.18 Å². The Kier molecular flexibility index (Phi) is 6.83. The van der Waals surface area contributed by atoms with E-state index in [0.717, 1.165) is 5.96 Å². The van der Waals surface area contributed by atoms with Gasteiger partial charge in [-0.1, -0.05) is 32.0 Å². The number of aliphatic imine (C=N–C) groups is 1. The number of benzene rings is 1. The molecule has 0 atom stereocenters. The van der Waals surface area contributed by atoms with Gasteiger partial charge in [0.15, 0.2) is 5.96 Å². The van der Waals surface area contributed by atoms with Crippen LogP contribution in [0.5, 0.6) is 0 Å². The Balaban J connectivity index is 1.92. The third-order valence-electron chi connectivity index (χ3n) is 4.61. The van der Waals surface area contributed by atoms with Gasteiger partial charge in [-0.05, 0) is 18.6 Å². The Bertz CT molecular complexity index is 640. The fraction of sp³-hybridized carbons (Fsp3) is 0.579. The topological polar surface area (TPSA) is 57.2 Å². The van der Waals surface area contributed by atoms with Gasteiger partial charge in [0.25, 0.3) is 0 Å². The number of carbonyl (C=O) groups is 1. The minimum atomic E-state index is -0.381. The van der Waals surface area contributed by atoms with Crippen LogP contribution in [-0.2, 0) is 10.2 Å². The van der Waals surface area contributed by atoms with E-state index >= 15 is 0 Å². The first-order valence-electron chi connectivity index (χ1n) is 9.01. The summed E-state index contributed by atoms with van der Waals surface area (Å²) >= 11 is 0. The summed E-state index contributed by atoms with van der Waals surface area (Å²) in [5.41, 5.74) is 0.295. The molecule has 0 aliphatic carbocycles. The van der Waals surface area contributed by atoms with Crippen molar-refractivity contribution in [3.05, 3.63) is 35.6 Å². The predicted octanol–water partition coefficient (Wildman–Crippen LogP) is 2.45. The smallest absolute Gasteiger partial charge is 0.409 e. The summed E-state index contributed by atoms with van der Waals surface area (Å²) in [6.07, 6.45) is -0.268. The first kappa shape index (κ1) is 20.0. The zero-order chi connectivity index (χ0) is 19.2. The second-order valence-electron chi connectivity index (χ2n) is 6.94. The van der Waals surface area contributed by atoms with Crippen molar-refractivity contribution in [2.45, 2.75) is 26.2 Å². The summed E-state index contributed by atoms with van der Waals surface area (Å²) in [6, 6.07) is 6.85. The zero-order valence-corrected chi connectivity index (χ0v) is 16.1. The number of nitrogens with one attached hydrogen (secondary N) is 1. The van der Waals surface area contributed by atoms with Crippen molar-refractivity contribution in [2.24, 2.45) is 4.99 Å². The maximum Gasteiger partial charge on any atom is 0.409 e. The molecule has 1 aliphatic heterocycles. The van der Waals surface area contributed by atoms with Crippen molar-refractivity contribution in [3.63, 3.8) is 0 Å². The number of hydrogen-bond donors (Lipinski definition) is 1. The maximum absolute atomic E-state index is 14.1. The Labute approximate surface area is 155 Å². The van der Waals surface area contributed by atoms with Crippen LogP contribution >= 0.6 is 0 Å². The standard InChI is InChI=1S/C19H29FN4O2/c1-5-26-18(25)24-12-10-23(11-13-24)17(21-4)22-14-19(2,3)15-8-6-7-9-16(15)20/h6-9H,5,10-14H2,1-4H3,(H,21,22). The third-order valence-corrected chi connectivity index (χ3v) is 4.61. The Morgan fingerprint density at radius 1 is 1.23 bits per heavy atom. The summed E-state index contributed by atoms with van der Waals surface area (Å²) in [6.45, 7) is 9.29. The summed E-state index contributed by atoms with van der Waals surface area (Å²) in [7, 11) is 1.73. The van der Waals surface area contributed by atoms with E-state index in [1.54, 1.807) is 24.9 Å². The molecule has 6 nitrogen and oxygen atoms in total. The second-order valence-corrected chi connectivity index (χ2v) is 6.94. The number of rotatable bonds is 4. The van der Waals surface area contributed by atoms with Crippen LogP contribution in [0.25, 0.3) is 0 Å². The quantitative estimate of drug-likeness (QED) is 0.659. The van der Waals surface area contributed by atoms with Gasteiger partial charge in [-0.15, -0.1) is 0 Å². The van der Waals surface area contributed by atoms with Gasteiger partial charge in [-0.3, -0.25) is 4.99 Å². The highest BCUT2D eigenvalue weighted by Crippen LogP contribution is 2.24. The number of nitrogens with zero attached hydrogens (tertiary/aromatic N) is 3. The molecular formula is C19H29FN4O2. The normalized spacial score (nSPS) is 15.8. The van der Waals surface area contributed by atoms with Crippen LogP contribution in [0.2, 0.25) is 0 Å². The van der Waals surface area contributed by atoms with E-state index < -0.39 is 0 Å². The average molecular weight is 364 g/mol. The molecule has 144 valence electrons. The molecule has 0 bridgehead atoms. The van der Waals surface area contributed by atoms with Crippen molar-refractivity contribution < 1.29 is 13.9 Å². The van der Waals surface area contributed by atoms with Gasteiger partial charge in [-0.25, -0.2) is 9.18 Å². The van der Waals surface area contributed by atoms with Crippen LogP contribution in [0.4, 0.5) is 9.18 Å². The SMILES string of the molecule is CCOC(=O)N1CCN(C(=NC)NCC(C)(C)c2ccccc2F)CC1. The molecule has 1 amide bonds. The fourth-order valence-electron chi connectivity index (χ4n) is 3.05. The van der Waals surface area contributed by atoms with Gasteiger partial charge in [0, 0.05) is 45.2 Å². The van der Waals surface area contributed by atoms with E-state index in [4.69, 9.17) is 4.74 Å². The molecule has 0 radical (unpaired) electrons. The molecule has 2 rings (SSSR count). The predicted molar refractivity (Wildman–Crippen MR) is 101 cm³/mol. The lowest BCUT2D eigenvalue weighted by molar-refractivity contribution is 0.0914. The van der Waals surface area contributed by atoms with E-state index in [-0.39, 0.29) is 17.3 Å². The number of halogens is 1. The molecule has 1 fully saturated rings. The number of amides is 1. The van der Waals surface area contributed by atoms with Gasteiger partial charge in [0.2, 0.25) is 0 Å². The van der Waals surface area contributed by atoms with Gasteiger partial charge in [0.1, 0.15) is 5.82 Å². The number of ether oxygens (including phenoxy) is 1. The van der Waals surface area contributed by atoms with Crippen LogP contribution in [0, 0.1) is 5.82 Å². The zero-order valence-electron chi connectivity index (χ0n) is 16.1. The molecule has 26 heavy (non-hydrogen) atoms. The molecule has 1 heterocycles. The third kappa shape index (κ3) is 4.86. The highest BCUT2D eigenvalue weighted by molar-refractivity contribution is 5.80.